The molecule has 1 saturated heterocycles. The molecule has 6 heteroatoms. The topological polar surface area (TPSA) is 70.8 Å². The molecule has 0 amide bonds. The minimum Gasteiger partial charge on any atom is -0.490 e. The maximum atomic E-state index is 10.8. The largest absolute Gasteiger partial charge is 0.490 e. The minimum absolute atomic E-state index is 0.0842. The first kappa shape index (κ1) is 10.8. The Bertz CT molecular complexity index is 400. The molecular weight excluding hydrogens is 214 g/mol. The van der Waals surface area contributed by atoms with E-state index >= 15 is 0 Å². The Morgan fingerprint density at radius 3 is 2.69 bits per heavy atom. The van der Waals surface area contributed by atoms with Crippen molar-refractivity contribution in [3.8, 4) is 5.75 Å². The van der Waals surface area contributed by atoms with Crippen LogP contribution in [0.2, 0.25) is 0 Å². The van der Waals surface area contributed by atoms with Gasteiger partial charge in [0.05, 0.1) is 25.2 Å². The Kier molecular flexibility index (Phi) is 3.02. The highest BCUT2D eigenvalue weighted by molar-refractivity contribution is 5.48. The third kappa shape index (κ3) is 1.98. The van der Waals surface area contributed by atoms with Crippen LogP contribution in [0.15, 0.2) is 18.2 Å². The van der Waals surface area contributed by atoms with E-state index in [9.17, 15) is 10.1 Å². The second-order valence-electron chi connectivity index (χ2n) is 3.26. The lowest BCUT2D eigenvalue weighted by atomic mass is 10.2. The minimum atomic E-state index is -0.510. The van der Waals surface area contributed by atoms with Gasteiger partial charge in [-0.15, -0.1) is 0 Å². The van der Waals surface area contributed by atoms with Gasteiger partial charge in [-0.1, -0.05) is 0 Å². The van der Waals surface area contributed by atoms with E-state index in [2.05, 4.69) is 0 Å². The molecule has 6 nitrogen and oxygen atoms in total. The second-order valence-corrected chi connectivity index (χ2v) is 3.26. The summed E-state index contributed by atoms with van der Waals surface area (Å²) in [4.78, 5) is 10.3. The molecule has 0 unspecified atom stereocenters. The molecule has 1 aromatic carbocycles. The molecule has 1 aliphatic heterocycles. The average molecular weight is 225 g/mol. The number of ether oxygens (including phenoxy) is 3. The van der Waals surface area contributed by atoms with Crippen LogP contribution in [0, 0.1) is 10.1 Å². The molecule has 16 heavy (non-hydrogen) atoms. The van der Waals surface area contributed by atoms with Gasteiger partial charge < -0.3 is 14.2 Å². The Hall–Kier alpha value is -1.66. The van der Waals surface area contributed by atoms with Gasteiger partial charge in [-0.05, 0) is 12.1 Å². The Labute approximate surface area is 91.9 Å². The molecule has 0 bridgehead atoms. The molecule has 0 atom stereocenters. The summed E-state index contributed by atoms with van der Waals surface area (Å²) >= 11 is 0. The Balaban J connectivity index is 2.34. The lowest BCUT2D eigenvalue weighted by Gasteiger charge is -2.10. The molecule has 0 saturated carbocycles. The third-order valence-corrected chi connectivity index (χ3v) is 2.29. The summed E-state index contributed by atoms with van der Waals surface area (Å²) in [6.07, 6.45) is -0.510. The van der Waals surface area contributed by atoms with Crippen LogP contribution in [0.4, 0.5) is 5.69 Å². The van der Waals surface area contributed by atoms with Crippen molar-refractivity contribution in [3.05, 3.63) is 33.9 Å². The van der Waals surface area contributed by atoms with Crippen LogP contribution in [-0.2, 0) is 9.47 Å². The molecule has 0 N–H and O–H groups in total. The van der Waals surface area contributed by atoms with Crippen molar-refractivity contribution in [2.75, 3.05) is 20.3 Å². The van der Waals surface area contributed by atoms with Gasteiger partial charge >= 0.3 is 5.69 Å². The van der Waals surface area contributed by atoms with Crippen molar-refractivity contribution in [1.29, 1.82) is 0 Å². The van der Waals surface area contributed by atoms with Crippen LogP contribution < -0.4 is 4.74 Å². The van der Waals surface area contributed by atoms with E-state index in [1.807, 2.05) is 0 Å². The van der Waals surface area contributed by atoms with E-state index in [0.717, 1.165) is 0 Å². The highest BCUT2D eigenvalue weighted by Gasteiger charge is 2.23. The van der Waals surface area contributed by atoms with Gasteiger partial charge in [-0.25, -0.2) is 0 Å². The van der Waals surface area contributed by atoms with Crippen LogP contribution >= 0.6 is 0 Å². The van der Waals surface area contributed by atoms with Gasteiger partial charge in [-0.3, -0.25) is 10.1 Å². The predicted octanol–water partition coefficient (Wildman–Crippen LogP) is 1.65. The zero-order chi connectivity index (χ0) is 11.5. The summed E-state index contributed by atoms with van der Waals surface area (Å²) in [6, 6.07) is 4.65. The summed E-state index contributed by atoms with van der Waals surface area (Å²) in [5, 5.41) is 10.8. The van der Waals surface area contributed by atoms with Gasteiger partial charge in [0.1, 0.15) is 0 Å². The Morgan fingerprint density at radius 1 is 1.44 bits per heavy atom. The van der Waals surface area contributed by atoms with Crippen molar-refractivity contribution in [3.63, 3.8) is 0 Å². The first-order chi connectivity index (χ1) is 7.72. The number of hydrogen-bond acceptors (Lipinski definition) is 5. The average Bonchev–Trinajstić information content (AvgIpc) is 2.81. The quantitative estimate of drug-likeness (QED) is 0.577. The zero-order valence-electron chi connectivity index (χ0n) is 8.71. The summed E-state index contributed by atoms with van der Waals surface area (Å²) in [5.41, 5.74) is 0.545. The van der Waals surface area contributed by atoms with Crippen LogP contribution in [0.5, 0.6) is 5.75 Å². The number of nitrogens with zero attached hydrogens (tertiary/aromatic N) is 1. The molecule has 2 rings (SSSR count). The SMILES string of the molecule is COc1ccc(C2OCCO2)cc1[N+](=O)[O-]. The van der Waals surface area contributed by atoms with Crippen LogP contribution in [-0.4, -0.2) is 25.2 Å². The van der Waals surface area contributed by atoms with Crippen molar-refractivity contribution in [2.45, 2.75) is 6.29 Å². The van der Waals surface area contributed by atoms with E-state index in [4.69, 9.17) is 14.2 Å². The monoisotopic (exact) mass is 225 g/mol. The summed E-state index contributed by atoms with van der Waals surface area (Å²) in [6.45, 7) is 1.01. The fraction of sp³-hybridized carbons (Fsp3) is 0.400. The highest BCUT2D eigenvalue weighted by atomic mass is 16.7. The standard InChI is InChI=1S/C10H11NO5/c1-14-9-3-2-7(6-8(9)11(12)13)10-15-4-5-16-10/h2-3,6,10H,4-5H2,1H3. The van der Waals surface area contributed by atoms with Gasteiger partial charge in [0.25, 0.3) is 0 Å². The van der Waals surface area contributed by atoms with E-state index in [-0.39, 0.29) is 11.4 Å². The first-order valence-corrected chi connectivity index (χ1v) is 4.78. The number of rotatable bonds is 3. The molecule has 0 aliphatic carbocycles. The zero-order valence-corrected chi connectivity index (χ0v) is 8.71. The number of hydrogen-bond donors (Lipinski definition) is 0. The second kappa shape index (κ2) is 4.46. The molecule has 1 heterocycles. The van der Waals surface area contributed by atoms with E-state index in [1.54, 1.807) is 12.1 Å². The van der Waals surface area contributed by atoms with Gasteiger partial charge in [-0.2, -0.15) is 0 Å². The van der Waals surface area contributed by atoms with Crippen LogP contribution in [0.3, 0.4) is 0 Å². The predicted molar refractivity (Wildman–Crippen MR) is 54.3 cm³/mol. The van der Waals surface area contributed by atoms with Crippen molar-refractivity contribution in [1.82, 2.24) is 0 Å². The lowest BCUT2D eigenvalue weighted by Crippen LogP contribution is -2.00. The van der Waals surface area contributed by atoms with Crippen molar-refractivity contribution in [2.24, 2.45) is 0 Å². The molecule has 0 radical (unpaired) electrons. The summed E-state index contributed by atoms with van der Waals surface area (Å²) < 4.78 is 15.4. The molecule has 1 aromatic rings. The number of nitro benzene ring substituents is 1. The van der Waals surface area contributed by atoms with Crippen molar-refractivity contribution < 1.29 is 19.1 Å². The molecule has 0 aromatic heterocycles. The molecule has 1 fully saturated rings. The van der Waals surface area contributed by atoms with Gasteiger partial charge in [0.15, 0.2) is 12.0 Å². The molecular formula is C10H11NO5. The molecule has 86 valence electrons. The fourth-order valence-electron chi connectivity index (χ4n) is 1.55. The van der Waals surface area contributed by atoms with E-state index in [0.29, 0.717) is 18.8 Å². The summed E-state index contributed by atoms with van der Waals surface area (Å²) in [5.74, 6) is 0.228. The molecule has 1 aliphatic rings. The van der Waals surface area contributed by atoms with E-state index in [1.165, 1.54) is 13.2 Å². The maximum absolute atomic E-state index is 10.8. The van der Waals surface area contributed by atoms with Crippen molar-refractivity contribution >= 4 is 5.69 Å². The number of methoxy groups -OCH3 is 1. The molecule has 0 spiro atoms. The maximum Gasteiger partial charge on any atom is 0.311 e. The normalized spacial score (nSPS) is 16.3. The van der Waals surface area contributed by atoms with Gasteiger partial charge in [0, 0.05) is 11.6 Å². The number of benzene rings is 1. The Morgan fingerprint density at radius 2 is 2.12 bits per heavy atom. The van der Waals surface area contributed by atoms with Crippen LogP contribution in [0.1, 0.15) is 11.9 Å². The smallest absolute Gasteiger partial charge is 0.311 e. The van der Waals surface area contributed by atoms with Crippen LogP contribution in [0.25, 0.3) is 0 Å². The third-order valence-electron chi connectivity index (χ3n) is 2.29. The van der Waals surface area contributed by atoms with E-state index < -0.39 is 11.2 Å². The first-order valence-electron chi connectivity index (χ1n) is 4.78. The lowest BCUT2D eigenvalue weighted by molar-refractivity contribution is -0.385. The highest BCUT2D eigenvalue weighted by Crippen LogP contribution is 2.32. The number of nitro groups is 1. The fourth-order valence-corrected chi connectivity index (χ4v) is 1.55. The van der Waals surface area contributed by atoms with Gasteiger partial charge in [0.2, 0.25) is 0 Å². The summed E-state index contributed by atoms with van der Waals surface area (Å²) in [7, 11) is 1.39.